The quantitative estimate of drug-likeness (QED) is 0.566. The lowest BCUT2D eigenvalue weighted by Gasteiger charge is -2.07. The first-order valence-electron chi connectivity index (χ1n) is 8.68. The third-order valence-electron chi connectivity index (χ3n) is 4.96. The molecule has 0 radical (unpaired) electrons. The van der Waals surface area contributed by atoms with Crippen molar-refractivity contribution in [3.05, 3.63) is 58.4 Å². The van der Waals surface area contributed by atoms with Crippen LogP contribution >= 0.6 is 0 Å². The van der Waals surface area contributed by atoms with Gasteiger partial charge in [-0.25, -0.2) is 18.9 Å². The second-order valence-electron chi connectivity index (χ2n) is 6.92. The molecule has 0 bridgehead atoms. The van der Waals surface area contributed by atoms with Crippen molar-refractivity contribution < 1.29 is 4.39 Å². The third-order valence-corrected chi connectivity index (χ3v) is 4.96. The number of hydrogen-bond acceptors (Lipinski definition) is 4. The molecule has 4 aromatic heterocycles. The van der Waals surface area contributed by atoms with Crippen LogP contribution < -0.4 is 0 Å². The van der Waals surface area contributed by atoms with E-state index in [0.717, 1.165) is 34.2 Å². The Hall–Kier alpha value is -2.83. The van der Waals surface area contributed by atoms with Gasteiger partial charge in [0.2, 0.25) is 0 Å². The molecule has 0 aliphatic heterocycles. The lowest BCUT2D eigenvalue weighted by molar-refractivity contribution is 0.617. The van der Waals surface area contributed by atoms with Crippen molar-refractivity contribution in [2.45, 2.75) is 47.0 Å². The zero-order valence-electron chi connectivity index (χ0n) is 15.6. The predicted octanol–water partition coefficient (Wildman–Crippen LogP) is 3.49. The van der Waals surface area contributed by atoms with E-state index in [1.165, 1.54) is 6.07 Å². The van der Waals surface area contributed by atoms with E-state index in [1.807, 2.05) is 29.7 Å². The smallest absolute Gasteiger partial charge is 0.177 e. The molecule has 6 nitrogen and oxygen atoms in total. The fraction of sp³-hybridized carbons (Fsp3) is 0.368. The summed E-state index contributed by atoms with van der Waals surface area (Å²) in [5, 5.41) is 4.62. The van der Waals surface area contributed by atoms with Crippen molar-refractivity contribution in [2.24, 2.45) is 0 Å². The summed E-state index contributed by atoms with van der Waals surface area (Å²) in [5.41, 5.74) is 5.80. The Morgan fingerprint density at radius 2 is 1.88 bits per heavy atom. The fourth-order valence-corrected chi connectivity index (χ4v) is 3.41. The van der Waals surface area contributed by atoms with Gasteiger partial charge >= 0.3 is 0 Å². The minimum Gasteiger partial charge on any atom is -0.304 e. The van der Waals surface area contributed by atoms with Crippen LogP contribution in [-0.4, -0.2) is 29.0 Å². The second-order valence-corrected chi connectivity index (χ2v) is 6.92. The molecule has 26 heavy (non-hydrogen) atoms. The number of aryl methyl sites for hydroxylation is 4. The maximum Gasteiger partial charge on any atom is 0.177 e. The lowest BCUT2D eigenvalue weighted by atomic mass is 10.0. The highest BCUT2D eigenvalue weighted by Crippen LogP contribution is 2.25. The molecule has 0 aliphatic rings. The maximum atomic E-state index is 13.8. The molecule has 0 N–H and O–H groups in total. The van der Waals surface area contributed by atoms with E-state index in [0.29, 0.717) is 17.6 Å². The number of pyridine rings is 1. The number of nitrogens with zero attached hydrogens (tertiary/aromatic N) is 6. The molecule has 0 aromatic carbocycles. The molecule has 7 heteroatoms. The fourth-order valence-electron chi connectivity index (χ4n) is 3.41. The molecule has 4 heterocycles. The largest absolute Gasteiger partial charge is 0.304 e. The van der Waals surface area contributed by atoms with Crippen molar-refractivity contribution in [3.63, 3.8) is 0 Å². The van der Waals surface area contributed by atoms with E-state index in [1.54, 1.807) is 19.3 Å². The Labute approximate surface area is 150 Å². The number of imidazole rings is 1. The zero-order valence-corrected chi connectivity index (χ0v) is 15.6. The average Bonchev–Trinajstić information content (AvgIpc) is 3.17. The van der Waals surface area contributed by atoms with E-state index in [4.69, 9.17) is 4.98 Å². The Balaban J connectivity index is 1.73. The van der Waals surface area contributed by atoms with Crippen LogP contribution in [0.1, 0.15) is 47.0 Å². The summed E-state index contributed by atoms with van der Waals surface area (Å²) in [4.78, 5) is 13.7. The first-order chi connectivity index (χ1) is 12.4. The molecule has 1 unspecified atom stereocenters. The zero-order chi connectivity index (χ0) is 18.6. The number of rotatable bonds is 3. The summed E-state index contributed by atoms with van der Waals surface area (Å²) in [5.74, 6) is 0.640. The van der Waals surface area contributed by atoms with Crippen LogP contribution in [0, 0.1) is 33.5 Å². The summed E-state index contributed by atoms with van der Waals surface area (Å²) >= 11 is 0. The molecular weight excluding hydrogens is 331 g/mol. The van der Waals surface area contributed by atoms with Gasteiger partial charge in [0.15, 0.2) is 11.5 Å². The summed E-state index contributed by atoms with van der Waals surface area (Å²) in [7, 11) is 0. The van der Waals surface area contributed by atoms with Gasteiger partial charge in [-0.05, 0) is 33.8 Å². The van der Waals surface area contributed by atoms with Gasteiger partial charge in [-0.2, -0.15) is 5.10 Å². The molecular formula is C19H21FN6. The Kier molecular flexibility index (Phi) is 3.75. The molecule has 0 saturated carbocycles. The first-order valence-corrected chi connectivity index (χ1v) is 8.68. The van der Waals surface area contributed by atoms with Crippen LogP contribution in [0.2, 0.25) is 0 Å². The summed E-state index contributed by atoms with van der Waals surface area (Å²) < 4.78 is 17.6. The SMILES string of the molecule is Cc1c(F)ccn2c(C)c(C(C)Cc3nc4c(C)ncc(C)n4n3)nc12. The molecule has 0 fully saturated rings. The second kappa shape index (κ2) is 5.86. The van der Waals surface area contributed by atoms with Gasteiger partial charge in [-0.1, -0.05) is 6.92 Å². The highest BCUT2D eigenvalue weighted by atomic mass is 19.1. The average molecular weight is 352 g/mol. The van der Waals surface area contributed by atoms with Crippen molar-refractivity contribution in [1.82, 2.24) is 29.0 Å². The molecule has 0 spiro atoms. The van der Waals surface area contributed by atoms with Crippen LogP contribution in [0.15, 0.2) is 18.5 Å². The van der Waals surface area contributed by atoms with E-state index < -0.39 is 0 Å². The van der Waals surface area contributed by atoms with Gasteiger partial charge in [-0.3, -0.25) is 4.98 Å². The van der Waals surface area contributed by atoms with Crippen LogP contribution in [0.3, 0.4) is 0 Å². The van der Waals surface area contributed by atoms with Crippen molar-refractivity contribution in [1.29, 1.82) is 0 Å². The number of hydrogen-bond donors (Lipinski definition) is 0. The monoisotopic (exact) mass is 352 g/mol. The van der Waals surface area contributed by atoms with Crippen molar-refractivity contribution in [3.8, 4) is 0 Å². The normalized spacial score (nSPS) is 13.0. The molecule has 4 rings (SSSR count). The lowest BCUT2D eigenvalue weighted by Crippen LogP contribution is -2.03. The molecule has 0 saturated heterocycles. The summed E-state index contributed by atoms with van der Waals surface area (Å²) in [6, 6.07) is 1.48. The van der Waals surface area contributed by atoms with Gasteiger partial charge in [0, 0.05) is 36.0 Å². The van der Waals surface area contributed by atoms with Crippen LogP contribution in [0.5, 0.6) is 0 Å². The molecule has 0 aliphatic carbocycles. The van der Waals surface area contributed by atoms with E-state index in [-0.39, 0.29) is 11.7 Å². The molecule has 1 atom stereocenters. The number of halogens is 1. The molecule has 4 aromatic rings. The maximum absolute atomic E-state index is 13.8. The first kappa shape index (κ1) is 16.6. The van der Waals surface area contributed by atoms with Gasteiger partial charge in [0.1, 0.15) is 11.5 Å². The Morgan fingerprint density at radius 1 is 1.12 bits per heavy atom. The van der Waals surface area contributed by atoms with Crippen LogP contribution in [-0.2, 0) is 6.42 Å². The topological polar surface area (TPSA) is 60.4 Å². The highest BCUT2D eigenvalue weighted by molar-refractivity contribution is 5.51. The van der Waals surface area contributed by atoms with Crippen molar-refractivity contribution >= 4 is 11.3 Å². The Morgan fingerprint density at radius 3 is 2.62 bits per heavy atom. The van der Waals surface area contributed by atoms with Gasteiger partial charge in [0.05, 0.1) is 17.1 Å². The minimum atomic E-state index is -0.234. The summed E-state index contributed by atoms with van der Waals surface area (Å²) in [6.07, 6.45) is 4.19. The van der Waals surface area contributed by atoms with Gasteiger partial charge < -0.3 is 4.40 Å². The Bertz CT molecular complexity index is 1100. The van der Waals surface area contributed by atoms with E-state index >= 15 is 0 Å². The molecule has 0 amide bonds. The molecule has 134 valence electrons. The van der Waals surface area contributed by atoms with Gasteiger partial charge in [-0.15, -0.1) is 0 Å². The van der Waals surface area contributed by atoms with E-state index in [9.17, 15) is 4.39 Å². The third kappa shape index (κ3) is 2.46. The standard InChI is InChI=1S/C19H21FN6/c1-10(8-16-22-19-13(4)21-9-11(2)26(19)24-16)17-14(5)25-7-6-15(20)12(3)18(25)23-17/h6-7,9-10H,8H2,1-5H3. The van der Waals surface area contributed by atoms with Crippen molar-refractivity contribution in [2.75, 3.05) is 0 Å². The predicted molar refractivity (Wildman–Crippen MR) is 97.0 cm³/mol. The van der Waals surface area contributed by atoms with Gasteiger partial charge in [0.25, 0.3) is 0 Å². The minimum absolute atomic E-state index is 0.114. The van der Waals surface area contributed by atoms with E-state index in [2.05, 4.69) is 22.0 Å². The summed E-state index contributed by atoms with van der Waals surface area (Å²) in [6.45, 7) is 9.77. The number of aromatic nitrogens is 6. The van der Waals surface area contributed by atoms with Crippen LogP contribution in [0.4, 0.5) is 4.39 Å². The highest BCUT2D eigenvalue weighted by Gasteiger charge is 2.20. The van der Waals surface area contributed by atoms with Crippen LogP contribution in [0.25, 0.3) is 11.3 Å². The number of fused-ring (bicyclic) bond motifs is 2.